The molecule has 3 N–H and O–H groups in total. The number of aromatic nitrogens is 2. The lowest BCUT2D eigenvalue weighted by molar-refractivity contribution is -0.0423. The summed E-state index contributed by atoms with van der Waals surface area (Å²) in [4.78, 5) is 6.88. The predicted octanol–water partition coefficient (Wildman–Crippen LogP) is 0.546. The summed E-state index contributed by atoms with van der Waals surface area (Å²) in [5, 5.41) is 17.7. The third-order valence-electron chi connectivity index (χ3n) is 1.74. The van der Waals surface area contributed by atoms with Gasteiger partial charge in [-0.25, -0.2) is 4.98 Å². The molecule has 0 radical (unpaired) electrons. The molecular weight excluding hydrogens is 156 g/mol. The molecule has 0 unspecified atom stereocenters. The molecule has 2 rings (SSSR count). The first-order chi connectivity index (χ1) is 5.77. The Morgan fingerprint density at radius 2 is 2.17 bits per heavy atom. The molecule has 0 saturated heterocycles. The largest absolute Gasteiger partial charge is 0.364 e. The number of hydrogen-bond acceptors (Lipinski definition) is 3. The number of fused-ring (bicyclic) bond motifs is 1. The fourth-order valence-electron chi connectivity index (χ4n) is 1.11. The zero-order valence-electron chi connectivity index (χ0n) is 6.23. The molecule has 0 aliphatic heterocycles. The van der Waals surface area contributed by atoms with Crippen molar-refractivity contribution in [2.24, 2.45) is 0 Å². The zero-order valence-corrected chi connectivity index (χ0v) is 6.23. The molecule has 0 fully saturated rings. The summed E-state index contributed by atoms with van der Waals surface area (Å²) in [5.41, 5.74) is 2.09. The highest BCUT2D eigenvalue weighted by Gasteiger charge is 2.03. The molecule has 1 aromatic heterocycles. The van der Waals surface area contributed by atoms with Gasteiger partial charge in [0, 0.05) is 5.56 Å². The molecule has 0 saturated carbocycles. The van der Waals surface area contributed by atoms with Crippen molar-refractivity contribution >= 4 is 11.0 Å². The first-order valence-electron chi connectivity index (χ1n) is 3.56. The smallest absolute Gasteiger partial charge is 0.178 e. The number of nitrogens with zero attached hydrogens (tertiary/aromatic N) is 1. The van der Waals surface area contributed by atoms with Gasteiger partial charge in [-0.1, -0.05) is 6.07 Å². The summed E-state index contributed by atoms with van der Waals surface area (Å²) < 4.78 is 0. The molecule has 62 valence electrons. The second-order valence-corrected chi connectivity index (χ2v) is 2.55. The number of H-pyrrole nitrogens is 1. The average molecular weight is 164 g/mol. The minimum Gasteiger partial charge on any atom is -0.364 e. The Bertz CT molecular complexity index is 395. The van der Waals surface area contributed by atoms with Gasteiger partial charge in [0.25, 0.3) is 0 Å². The minimum absolute atomic E-state index is 0.465. The van der Waals surface area contributed by atoms with Crippen LogP contribution in [-0.4, -0.2) is 20.2 Å². The first kappa shape index (κ1) is 7.27. The van der Waals surface area contributed by atoms with E-state index in [4.69, 9.17) is 10.2 Å². The van der Waals surface area contributed by atoms with Gasteiger partial charge in [0.1, 0.15) is 0 Å². The third-order valence-corrected chi connectivity index (χ3v) is 1.74. The molecule has 4 nitrogen and oxygen atoms in total. The van der Waals surface area contributed by atoms with Crippen LogP contribution in [0.4, 0.5) is 0 Å². The van der Waals surface area contributed by atoms with E-state index in [1.54, 1.807) is 24.5 Å². The van der Waals surface area contributed by atoms with Crippen LogP contribution in [-0.2, 0) is 0 Å². The van der Waals surface area contributed by atoms with E-state index in [0.717, 1.165) is 11.0 Å². The van der Waals surface area contributed by atoms with Gasteiger partial charge in [-0.3, -0.25) is 0 Å². The molecule has 0 bridgehead atoms. The summed E-state index contributed by atoms with van der Waals surface area (Å²) in [6, 6.07) is 5.03. The highest BCUT2D eigenvalue weighted by Crippen LogP contribution is 2.15. The van der Waals surface area contributed by atoms with Gasteiger partial charge in [0.05, 0.1) is 17.4 Å². The van der Waals surface area contributed by atoms with Gasteiger partial charge in [0.15, 0.2) is 6.29 Å². The molecule has 0 amide bonds. The van der Waals surface area contributed by atoms with E-state index < -0.39 is 6.29 Å². The van der Waals surface area contributed by atoms with Crippen molar-refractivity contribution in [3.05, 3.63) is 30.1 Å². The van der Waals surface area contributed by atoms with Gasteiger partial charge in [0.2, 0.25) is 0 Å². The van der Waals surface area contributed by atoms with E-state index in [2.05, 4.69) is 9.97 Å². The quantitative estimate of drug-likeness (QED) is 0.539. The fourth-order valence-corrected chi connectivity index (χ4v) is 1.11. The lowest BCUT2D eigenvalue weighted by atomic mass is 10.2. The second kappa shape index (κ2) is 2.58. The summed E-state index contributed by atoms with van der Waals surface area (Å²) in [5.74, 6) is 0. The Labute approximate surface area is 68.5 Å². The Kier molecular flexibility index (Phi) is 1.56. The highest BCUT2D eigenvalue weighted by atomic mass is 16.5. The highest BCUT2D eigenvalue weighted by molar-refractivity contribution is 5.75. The Morgan fingerprint density at radius 3 is 2.92 bits per heavy atom. The number of hydrogen-bond donors (Lipinski definition) is 3. The number of aliphatic hydroxyl groups excluding tert-OH is 1. The van der Waals surface area contributed by atoms with Crippen LogP contribution in [0.2, 0.25) is 0 Å². The monoisotopic (exact) mass is 164 g/mol. The number of imidazole rings is 1. The van der Waals surface area contributed by atoms with Crippen LogP contribution >= 0.6 is 0 Å². The van der Waals surface area contributed by atoms with Crippen LogP contribution in [0.3, 0.4) is 0 Å². The first-order valence-corrected chi connectivity index (χ1v) is 3.56. The van der Waals surface area contributed by atoms with Crippen LogP contribution in [0.15, 0.2) is 24.5 Å². The van der Waals surface area contributed by atoms with Crippen molar-refractivity contribution in [3.63, 3.8) is 0 Å². The SMILES string of the molecule is OC(O)c1ccc2nc[nH]c2c1. The second-order valence-electron chi connectivity index (χ2n) is 2.55. The predicted molar refractivity (Wildman–Crippen MR) is 43.3 cm³/mol. The number of aromatic amines is 1. The zero-order chi connectivity index (χ0) is 8.55. The van der Waals surface area contributed by atoms with Crippen molar-refractivity contribution in [2.45, 2.75) is 6.29 Å². The number of rotatable bonds is 1. The van der Waals surface area contributed by atoms with E-state index in [9.17, 15) is 0 Å². The molecule has 0 aliphatic rings. The number of nitrogens with one attached hydrogen (secondary N) is 1. The Balaban J connectivity index is 2.60. The van der Waals surface area contributed by atoms with Crippen molar-refractivity contribution in [1.29, 1.82) is 0 Å². The van der Waals surface area contributed by atoms with E-state index >= 15 is 0 Å². The normalized spacial score (nSPS) is 11.2. The van der Waals surface area contributed by atoms with Gasteiger partial charge >= 0.3 is 0 Å². The summed E-state index contributed by atoms with van der Waals surface area (Å²) >= 11 is 0. The molecule has 2 aromatic rings. The lowest BCUT2D eigenvalue weighted by Gasteiger charge is -2.01. The van der Waals surface area contributed by atoms with Gasteiger partial charge in [-0.15, -0.1) is 0 Å². The summed E-state index contributed by atoms with van der Waals surface area (Å²) in [6.45, 7) is 0. The van der Waals surface area contributed by atoms with Crippen molar-refractivity contribution < 1.29 is 10.2 Å². The average Bonchev–Trinajstić information content (AvgIpc) is 2.49. The molecule has 0 aliphatic carbocycles. The van der Waals surface area contributed by atoms with Crippen LogP contribution in [0.25, 0.3) is 11.0 Å². The maximum Gasteiger partial charge on any atom is 0.178 e. The fraction of sp³-hybridized carbons (Fsp3) is 0.125. The minimum atomic E-state index is -1.42. The standard InChI is InChI=1S/C8H8N2O2/c11-8(12)5-1-2-6-7(3-5)10-4-9-6/h1-4,8,11-12H,(H,9,10). The molecular formula is C8H8N2O2. The van der Waals surface area contributed by atoms with E-state index in [0.29, 0.717) is 5.56 Å². The van der Waals surface area contributed by atoms with Crippen LogP contribution < -0.4 is 0 Å². The molecule has 1 aromatic carbocycles. The van der Waals surface area contributed by atoms with Crippen molar-refractivity contribution in [1.82, 2.24) is 9.97 Å². The molecule has 0 atom stereocenters. The van der Waals surface area contributed by atoms with Gasteiger partial charge in [-0.05, 0) is 12.1 Å². The molecule has 1 heterocycles. The maximum atomic E-state index is 8.84. The number of benzene rings is 1. The van der Waals surface area contributed by atoms with Crippen LogP contribution in [0.1, 0.15) is 11.9 Å². The van der Waals surface area contributed by atoms with Gasteiger partial charge < -0.3 is 15.2 Å². The maximum absolute atomic E-state index is 8.84. The summed E-state index contributed by atoms with van der Waals surface area (Å²) in [7, 11) is 0. The molecule has 0 spiro atoms. The van der Waals surface area contributed by atoms with E-state index in [1.165, 1.54) is 0 Å². The summed E-state index contributed by atoms with van der Waals surface area (Å²) in [6.07, 6.45) is 0.149. The lowest BCUT2D eigenvalue weighted by Crippen LogP contribution is -1.93. The molecule has 4 heteroatoms. The Morgan fingerprint density at radius 1 is 1.33 bits per heavy atom. The van der Waals surface area contributed by atoms with Crippen LogP contribution in [0, 0.1) is 0 Å². The topological polar surface area (TPSA) is 69.1 Å². The van der Waals surface area contributed by atoms with Crippen molar-refractivity contribution in [3.8, 4) is 0 Å². The van der Waals surface area contributed by atoms with E-state index in [1.807, 2.05) is 0 Å². The van der Waals surface area contributed by atoms with Crippen LogP contribution in [0.5, 0.6) is 0 Å². The number of aliphatic hydroxyl groups is 2. The van der Waals surface area contributed by atoms with E-state index in [-0.39, 0.29) is 0 Å². The third kappa shape index (κ3) is 1.07. The molecule has 12 heavy (non-hydrogen) atoms. The van der Waals surface area contributed by atoms with Crippen molar-refractivity contribution in [2.75, 3.05) is 0 Å². The Hall–Kier alpha value is -1.39. The van der Waals surface area contributed by atoms with Gasteiger partial charge in [-0.2, -0.15) is 0 Å².